The maximum Gasteiger partial charge on any atom is 0.255 e. The number of anilines is 2. The summed E-state index contributed by atoms with van der Waals surface area (Å²) in [5.41, 5.74) is 5.01. The monoisotopic (exact) mass is 593 g/mol. The molecular formula is C33H28ClN5O2S. The second-order valence-electron chi connectivity index (χ2n) is 9.81. The summed E-state index contributed by atoms with van der Waals surface area (Å²) in [5.74, 6) is 1.78. The fraction of sp³-hybridized carbons (Fsp3) is 0.121. The summed E-state index contributed by atoms with van der Waals surface area (Å²) in [5, 5.41) is 12.5. The Morgan fingerprint density at radius 2 is 1.69 bits per heavy atom. The standard InChI is InChI=1S/C33H28ClN5O2S/c1-22-29(31(40)36-27-12-6-3-7-13-27)30(25-11-8-14-28(19-25)41-20-23-15-17-26(34)18-16-23)39-32(35-22)37-33(38-39)42-21-24-9-4-2-5-10-24/h2-19,30H,20-21H2,1H3,(H,36,40)(H,35,37,38). The van der Waals surface area contributed by atoms with Gasteiger partial charge in [-0.3, -0.25) is 4.79 Å². The minimum Gasteiger partial charge on any atom is -0.489 e. The molecule has 0 saturated carbocycles. The van der Waals surface area contributed by atoms with Gasteiger partial charge in [0.05, 0.1) is 5.57 Å². The van der Waals surface area contributed by atoms with Gasteiger partial charge >= 0.3 is 0 Å². The number of amides is 1. The van der Waals surface area contributed by atoms with Crippen molar-refractivity contribution in [1.29, 1.82) is 0 Å². The molecule has 0 radical (unpaired) electrons. The molecule has 5 aromatic rings. The van der Waals surface area contributed by atoms with Crippen LogP contribution in [0, 0.1) is 0 Å². The van der Waals surface area contributed by atoms with Gasteiger partial charge in [-0.15, -0.1) is 5.10 Å². The lowest BCUT2D eigenvalue weighted by atomic mass is 9.95. The molecule has 0 aliphatic carbocycles. The van der Waals surface area contributed by atoms with Gasteiger partial charge in [0.1, 0.15) is 18.4 Å². The van der Waals surface area contributed by atoms with E-state index in [0.29, 0.717) is 45.4 Å². The first-order chi connectivity index (χ1) is 20.5. The molecule has 210 valence electrons. The van der Waals surface area contributed by atoms with Crippen molar-refractivity contribution in [3.63, 3.8) is 0 Å². The van der Waals surface area contributed by atoms with Crippen molar-refractivity contribution in [2.24, 2.45) is 0 Å². The zero-order chi connectivity index (χ0) is 28.9. The number of carbonyl (C=O) groups excluding carboxylic acids is 1. The number of hydrogen-bond donors (Lipinski definition) is 2. The van der Waals surface area contributed by atoms with Gasteiger partial charge in [0.15, 0.2) is 0 Å². The number of carbonyl (C=O) groups is 1. The third-order valence-electron chi connectivity index (χ3n) is 6.81. The number of para-hydroxylation sites is 1. The summed E-state index contributed by atoms with van der Waals surface area (Å²) in [6.45, 7) is 2.28. The number of benzene rings is 4. The van der Waals surface area contributed by atoms with Gasteiger partial charge in [-0.1, -0.05) is 96.2 Å². The molecule has 0 spiro atoms. The lowest BCUT2D eigenvalue weighted by molar-refractivity contribution is -0.113. The Morgan fingerprint density at radius 3 is 2.45 bits per heavy atom. The van der Waals surface area contributed by atoms with Crippen molar-refractivity contribution in [3.8, 4) is 5.75 Å². The molecule has 42 heavy (non-hydrogen) atoms. The van der Waals surface area contributed by atoms with Crippen LogP contribution in [-0.2, 0) is 17.2 Å². The van der Waals surface area contributed by atoms with Crippen LogP contribution in [0.5, 0.6) is 5.75 Å². The predicted molar refractivity (Wildman–Crippen MR) is 168 cm³/mol. The first kappa shape index (κ1) is 27.6. The van der Waals surface area contributed by atoms with Crippen LogP contribution in [0.15, 0.2) is 126 Å². The maximum absolute atomic E-state index is 13.8. The molecule has 2 heterocycles. The summed E-state index contributed by atoms with van der Waals surface area (Å²) in [7, 11) is 0. The van der Waals surface area contributed by atoms with E-state index in [4.69, 9.17) is 26.4 Å². The van der Waals surface area contributed by atoms with Crippen LogP contribution in [-0.4, -0.2) is 20.7 Å². The predicted octanol–water partition coefficient (Wildman–Crippen LogP) is 7.73. The highest BCUT2D eigenvalue weighted by Gasteiger charge is 2.34. The molecule has 1 amide bonds. The number of ether oxygens (including phenoxy) is 1. The summed E-state index contributed by atoms with van der Waals surface area (Å²) in [6.07, 6.45) is 0. The zero-order valence-corrected chi connectivity index (χ0v) is 24.4. The Hall–Kier alpha value is -4.53. The molecule has 4 aromatic carbocycles. The summed E-state index contributed by atoms with van der Waals surface area (Å²) >= 11 is 7.59. The first-order valence-electron chi connectivity index (χ1n) is 13.5. The van der Waals surface area contributed by atoms with Crippen molar-refractivity contribution < 1.29 is 9.53 Å². The van der Waals surface area contributed by atoms with Crippen molar-refractivity contribution in [1.82, 2.24) is 14.8 Å². The second-order valence-corrected chi connectivity index (χ2v) is 11.2. The van der Waals surface area contributed by atoms with Crippen LogP contribution in [0.1, 0.15) is 29.7 Å². The largest absolute Gasteiger partial charge is 0.489 e. The topological polar surface area (TPSA) is 81.1 Å². The SMILES string of the molecule is CC1=C(C(=O)Nc2ccccc2)C(c2cccc(OCc3ccc(Cl)cc3)c2)n2nc(SCc3ccccc3)nc2N1. The van der Waals surface area contributed by atoms with Gasteiger partial charge in [-0.25, -0.2) is 4.68 Å². The molecule has 7 nitrogen and oxygen atoms in total. The van der Waals surface area contributed by atoms with E-state index < -0.39 is 6.04 Å². The molecule has 1 unspecified atom stereocenters. The minimum atomic E-state index is -0.525. The van der Waals surface area contributed by atoms with Crippen LogP contribution in [0.2, 0.25) is 5.02 Å². The van der Waals surface area contributed by atoms with Gasteiger partial charge in [0, 0.05) is 22.2 Å². The second kappa shape index (κ2) is 12.5. The fourth-order valence-corrected chi connectivity index (χ4v) is 5.67. The average molecular weight is 594 g/mol. The van der Waals surface area contributed by atoms with E-state index >= 15 is 0 Å². The number of halogens is 1. The summed E-state index contributed by atoms with van der Waals surface area (Å²) < 4.78 is 7.93. The Bertz CT molecular complexity index is 1720. The summed E-state index contributed by atoms with van der Waals surface area (Å²) in [6, 6.07) is 34.4. The van der Waals surface area contributed by atoms with Crippen molar-refractivity contribution in [2.75, 3.05) is 10.6 Å². The number of allylic oxidation sites excluding steroid dienone is 1. The van der Waals surface area contributed by atoms with E-state index in [1.807, 2.05) is 104 Å². The molecule has 6 rings (SSSR count). The van der Waals surface area contributed by atoms with Crippen LogP contribution in [0.3, 0.4) is 0 Å². The van der Waals surface area contributed by atoms with E-state index in [9.17, 15) is 4.79 Å². The quantitative estimate of drug-likeness (QED) is 0.170. The smallest absolute Gasteiger partial charge is 0.255 e. The molecule has 1 atom stereocenters. The van der Waals surface area contributed by atoms with Gasteiger partial charge in [-0.05, 0) is 60.0 Å². The minimum absolute atomic E-state index is 0.219. The van der Waals surface area contributed by atoms with Gasteiger partial charge in [0.2, 0.25) is 11.1 Å². The summed E-state index contributed by atoms with van der Waals surface area (Å²) in [4.78, 5) is 18.6. The lowest BCUT2D eigenvalue weighted by Gasteiger charge is -2.29. The molecule has 2 N–H and O–H groups in total. The third-order valence-corrected chi connectivity index (χ3v) is 7.97. The number of hydrogen-bond acceptors (Lipinski definition) is 6. The number of nitrogens with zero attached hydrogens (tertiary/aromatic N) is 3. The molecule has 9 heteroatoms. The Kier molecular flexibility index (Phi) is 8.26. The van der Waals surface area contributed by atoms with Crippen molar-refractivity contribution in [3.05, 3.63) is 142 Å². The molecule has 0 bridgehead atoms. The Morgan fingerprint density at radius 1 is 0.952 bits per heavy atom. The van der Waals surface area contributed by atoms with E-state index in [0.717, 1.165) is 16.9 Å². The lowest BCUT2D eigenvalue weighted by Crippen LogP contribution is -2.31. The Balaban J connectivity index is 1.32. The highest BCUT2D eigenvalue weighted by atomic mass is 35.5. The number of fused-ring (bicyclic) bond motifs is 1. The maximum atomic E-state index is 13.8. The third kappa shape index (κ3) is 6.35. The molecule has 0 fully saturated rings. The molecule has 1 aliphatic heterocycles. The normalized spacial score (nSPS) is 14.2. The van der Waals surface area contributed by atoms with Gasteiger partial charge in [-0.2, -0.15) is 4.98 Å². The van der Waals surface area contributed by atoms with E-state index in [1.54, 1.807) is 16.4 Å². The van der Waals surface area contributed by atoms with E-state index in [-0.39, 0.29) is 5.91 Å². The molecule has 1 aromatic heterocycles. The molecular weight excluding hydrogens is 566 g/mol. The average Bonchev–Trinajstić information content (AvgIpc) is 3.42. The van der Waals surface area contributed by atoms with Crippen LogP contribution in [0.4, 0.5) is 11.6 Å². The highest BCUT2D eigenvalue weighted by molar-refractivity contribution is 7.98. The van der Waals surface area contributed by atoms with Gasteiger partial charge < -0.3 is 15.4 Å². The van der Waals surface area contributed by atoms with Crippen LogP contribution < -0.4 is 15.4 Å². The zero-order valence-electron chi connectivity index (χ0n) is 22.8. The van der Waals surface area contributed by atoms with E-state index in [1.165, 1.54) is 5.56 Å². The fourth-order valence-electron chi connectivity index (χ4n) is 4.76. The van der Waals surface area contributed by atoms with Crippen LogP contribution >= 0.6 is 23.4 Å². The van der Waals surface area contributed by atoms with Crippen LogP contribution in [0.25, 0.3) is 0 Å². The molecule has 0 saturated heterocycles. The molecule has 1 aliphatic rings. The first-order valence-corrected chi connectivity index (χ1v) is 14.8. The number of nitrogens with one attached hydrogen (secondary N) is 2. The van der Waals surface area contributed by atoms with Gasteiger partial charge in [0.25, 0.3) is 5.91 Å². The highest BCUT2D eigenvalue weighted by Crippen LogP contribution is 2.38. The number of thioether (sulfide) groups is 1. The van der Waals surface area contributed by atoms with E-state index in [2.05, 4.69) is 22.8 Å². The van der Waals surface area contributed by atoms with Crippen molar-refractivity contribution in [2.45, 2.75) is 30.5 Å². The number of rotatable bonds is 9. The Labute approximate surface area is 253 Å². The number of aromatic nitrogens is 3. The van der Waals surface area contributed by atoms with Crippen molar-refractivity contribution >= 4 is 40.9 Å².